The van der Waals surface area contributed by atoms with Gasteiger partial charge in [-0.05, 0) is 24.4 Å². The summed E-state index contributed by atoms with van der Waals surface area (Å²) in [6.07, 6.45) is 0. The minimum atomic E-state index is -3.52. The lowest BCUT2D eigenvalue weighted by atomic mass is 10.3. The molecule has 0 aromatic heterocycles. The van der Waals surface area contributed by atoms with E-state index in [4.69, 9.17) is 12.2 Å². The summed E-state index contributed by atoms with van der Waals surface area (Å²) >= 11 is 7.73. The molecule has 0 aliphatic carbocycles. The predicted octanol–water partition coefficient (Wildman–Crippen LogP) is 1.70. The fourth-order valence-electron chi connectivity index (χ4n) is 1.15. The molecule has 4 nitrogen and oxygen atoms in total. The van der Waals surface area contributed by atoms with Gasteiger partial charge in [0.2, 0.25) is 0 Å². The number of fused-ring (bicyclic) bond motifs is 1. The summed E-state index contributed by atoms with van der Waals surface area (Å²) in [7, 11) is -3.52. The number of hydrogen-bond donors (Lipinski definition) is 1. The van der Waals surface area contributed by atoms with E-state index in [1.165, 1.54) is 6.07 Å². The highest BCUT2D eigenvalue weighted by molar-refractivity contribution is 9.09. The SMILES string of the molecule is O=S1(=O)c2ccccc2NC(=S)N1Br. The molecule has 1 aromatic carbocycles. The molecule has 7 heteroatoms. The van der Waals surface area contributed by atoms with E-state index in [0.29, 0.717) is 5.69 Å². The van der Waals surface area contributed by atoms with Crippen LogP contribution in [0.25, 0.3) is 0 Å². The first kappa shape index (κ1) is 9.88. The van der Waals surface area contributed by atoms with E-state index in [0.717, 1.165) is 3.33 Å². The minimum absolute atomic E-state index is 0.115. The first-order chi connectivity index (χ1) is 6.53. The number of nitrogens with one attached hydrogen (secondary N) is 1. The predicted molar refractivity (Wildman–Crippen MR) is 60.6 cm³/mol. The standard InChI is InChI=1S/C7H5BrN2O2S2/c8-10-7(13)9-5-3-1-2-4-6(5)14(10,11)12/h1-4H,(H,9,13). The van der Waals surface area contributed by atoms with Crippen LogP contribution in [0.2, 0.25) is 0 Å². The van der Waals surface area contributed by atoms with Crippen molar-refractivity contribution in [2.24, 2.45) is 0 Å². The quantitative estimate of drug-likeness (QED) is 0.584. The second-order valence-electron chi connectivity index (χ2n) is 2.65. The Bertz CT molecular complexity index is 500. The van der Waals surface area contributed by atoms with Crippen LogP contribution in [0.4, 0.5) is 5.69 Å². The Kier molecular flexibility index (Phi) is 2.24. The van der Waals surface area contributed by atoms with Gasteiger partial charge in [0.1, 0.15) is 4.90 Å². The van der Waals surface area contributed by atoms with Crippen molar-refractivity contribution in [3.8, 4) is 0 Å². The van der Waals surface area contributed by atoms with E-state index in [9.17, 15) is 8.42 Å². The number of para-hydroxylation sites is 1. The molecule has 0 radical (unpaired) electrons. The van der Waals surface area contributed by atoms with Crippen molar-refractivity contribution in [3.05, 3.63) is 24.3 Å². The van der Waals surface area contributed by atoms with Crippen molar-refractivity contribution in [2.75, 3.05) is 5.32 Å². The highest BCUT2D eigenvalue weighted by Crippen LogP contribution is 2.31. The van der Waals surface area contributed by atoms with Gasteiger partial charge in [0.05, 0.1) is 21.8 Å². The first-order valence-corrected chi connectivity index (χ1v) is 6.20. The molecule has 0 saturated carbocycles. The molecule has 1 aromatic rings. The van der Waals surface area contributed by atoms with Crippen LogP contribution in [0.3, 0.4) is 0 Å². The summed E-state index contributed by atoms with van der Waals surface area (Å²) in [6.45, 7) is 0. The van der Waals surface area contributed by atoms with Crippen molar-refractivity contribution in [1.82, 2.24) is 3.33 Å². The molecular formula is C7H5BrN2O2S2. The molecule has 1 aliphatic heterocycles. The van der Waals surface area contributed by atoms with Gasteiger partial charge in [-0.25, -0.2) is 8.42 Å². The van der Waals surface area contributed by atoms with Gasteiger partial charge >= 0.3 is 0 Å². The van der Waals surface area contributed by atoms with Crippen molar-refractivity contribution in [3.63, 3.8) is 0 Å². The zero-order chi connectivity index (χ0) is 10.3. The van der Waals surface area contributed by atoms with Gasteiger partial charge in [-0.3, -0.25) is 0 Å². The summed E-state index contributed by atoms with van der Waals surface area (Å²) in [4.78, 5) is 0.213. The van der Waals surface area contributed by atoms with E-state index in [2.05, 4.69) is 21.5 Å². The summed E-state index contributed by atoms with van der Waals surface area (Å²) in [6, 6.07) is 6.59. The Morgan fingerprint density at radius 3 is 2.71 bits per heavy atom. The summed E-state index contributed by atoms with van der Waals surface area (Å²) in [5, 5.41) is 2.91. The Labute approximate surface area is 95.3 Å². The van der Waals surface area contributed by atoms with Crippen LogP contribution in [0.5, 0.6) is 0 Å². The maximum Gasteiger partial charge on any atom is 0.277 e. The molecule has 74 valence electrons. The van der Waals surface area contributed by atoms with Gasteiger partial charge in [0.25, 0.3) is 10.0 Å². The molecule has 1 heterocycles. The zero-order valence-corrected chi connectivity index (χ0v) is 9.99. The van der Waals surface area contributed by atoms with Crippen LogP contribution in [0.15, 0.2) is 29.2 Å². The molecule has 14 heavy (non-hydrogen) atoms. The largest absolute Gasteiger partial charge is 0.330 e. The third-order valence-corrected chi connectivity index (χ3v) is 5.43. The van der Waals surface area contributed by atoms with Crippen LogP contribution in [-0.4, -0.2) is 16.9 Å². The van der Waals surface area contributed by atoms with Gasteiger partial charge in [-0.15, -0.1) is 0 Å². The average molecular weight is 293 g/mol. The summed E-state index contributed by atoms with van der Waals surface area (Å²) in [5.41, 5.74) is 0.508. The zero-order valence-electron chi connectivity index (χ0n) is 6.77. The number of nitrogens with zero attached hydrogens (tertiary/aromatic N) is 1. The van der Waals surface area contributed by atoms with Gasteiger partial charge < -0.3 is 5.32 Å². The van der Waals surface area contributed by atoms with E-state index < -0.39 is 10.0 Å². The molecule has 0 unspecified atom stereocenters. The number of hydrogen-bond acceptors (Lipinski definition) is 3. The van der Waals surface area contributed by atoms with Crippen molar-refractivity contribution in [1.29, 1.82) is 0 Å². The molecule has 1 N–H and O–H groups in total. The van der Waals surface area contributed by atoms with E-state index >= 15 is 0 Å². The molecule has 2 rings (SSSR count). The second kappa shape index (κ2) is 3.18. The topological polar surface area (TPSA) is 49.4 Å². The molecule has 0 atom stereocenters. The lowest BCUT2D eigenvalue weighted by Crippen LogP contribution is -2.36. The van der Waals surface area contributed by atoms with Crippen LogP contribution in [0, 0.1) is 0 Å². The number of thiocarbonyl (C=S) groups is 1. The van der Waals surface area contributed by atoms with E-state index in [-0.39, 0.29) is 10.0 Å². The van der Waals surface area contributed by atoms with Crippen LogP contribution >= 0.6 is 28.4 Å². The number of sulfonamides is 1. The third-order valence-electron chi connectivity index (χ3n) is 1.78. The summed E-state index contributed by atoms with van der Waals surface area (Å²) < 4.78 is 24.4. The lowest BCUT2D eigenvalue weighted by molar-refractivity contribution is 0.578. The Morgan fingerprint density at radius 2 is 2.00 bits per heavy atom. The molecule has 0 fully saturated rings. The van der Waals surface area contributed by atoms with Gasteiger partial charge in [0.15, 0.2) is 5.11 Å². The fourth-order valence-corrected chi connectivity index (χ4v) is 3.19. The van der Waals surface area contributed by atoms with Crippen molar-refractivity contribution in [2.45, 2.75) is 4.90 Å². The fraction of sp³-hybridized carbons (Fsp3) is 0. The highest BCUT2D eigenvalue weighted by atomic mass is 79.9. The number of anilines is 1. The molecular weight excluding hydrogens is 288 g/mol. The Hall–Kier alpha value is -0.660. The van der Waals surface area contributed by atoms with E-state index in [1.54, 1.807) is 18.2 Å². The lowest BCUT2D eigenvalue weighted by Gasteiger charge is -2.25. The van der Waals surface area contributed by atoms with Crippen molar-refractivity contribution < 1.29 is 8.42 Å². The van der Waals surface area contributed by atoms with Gasteiger partial charge in [-0.1, -0.05) is 12.1 Å². The first-order valence-electron chi connectivity index (χ1n) is 3.64. The summed E-state index contributed by atoms with van der Waals surface area (Å²) in [5.74, 6) is 0. The maximum absolute atomic E-state index is 11.8. The normalized spacial score (nSPS) is 18.6. The molecule has 0 saturated heterocycles. The molecule has 0 bridgehead atoms. The third kappa shape index (κ3) is 1.32. The molecule has 0 spiro atoms. The number of halogens is 1. The van der Waals surface area contributed by atoms with Gasteiger partial charge in [0, 0.05) is 0 Å². The molecule has 0 amide bonds. The van der Waals surface area contributed by atoms with Gasteiger partial charge in [-0.2, -0.15) is 3.33 Å². The van der Waals surface area contributed by atoms with E-state index in [1.807, 2.05) is 0 Å². The van der Waals surface area contributed by atoms with Crippen LogP contribution in [-0.2, 0) is 10.0 Å². The Morgan fingerprint density at radius 1 is 1.36 bits per heavy atom. The Balaban J connectivity index is 2.72. The minimum Gasteiger partial charge on any atom is -0.330 e. The molecule has 1 aliphatic rings. The monoisotopic (exact) mass is 292 g/mol. The maximum atomic E-state index is 11.8. The van der Waals surface area contributed by atoms with Crippen LogP contribution in [0.1, 0.15) is 0 Å². The van der Waals surface area contributed by atoms with Crippen molar-refractivity contribution >= 4 is 49.2 Å². The highest BCUT2D eigenvalue weighted by Gasteiger charge is 2.32. The smallest absolute Gasteiger partial charge is 0.277 e. The number of benzene rings is 1. The number of rotatable bonds is 0. The second-order valence-corrected chi connectivity index (χ2v) is 5.97. The average Bonchev–Trinajstić information content (AvgIpc) is 2.15. The van der Waals surface area contributed by atoms with Crippen LogP contribution < -0.4 is 5.32 Å².